The summed E-state index contributed by atoms with van der Waals surface area (Å²) in [7, 11) is 0. The first kappa shape index (κ1) is 14.5. The highest BCUT2D eigenvalue weighted by Gasteiger charge is 2.29. The number of carbonyl (C=O) groups excluding carboxylic acids is 1. The molecule has 0 amide bonds. The van der Waals surface area contributed by atoms with Crippen LogP contribution in [0.1, 0.15) is 52.9 Å². The summed E-state index contributed by atoms with van der Waals surface area (Å²) >= 11 is 0. The van der Waals surface area contributed by atoms with Crippen LogP contribution in [0.2, 0.25) is 0 Å². The second-order valence-corrected chi connectivity index (χ2v) is 4.89. The molecular weight excluding hydrogens is 214 g/mol. The van der Waals surface area contributed by atoms with Crippen LogP contribution in [0.25, 0.3) is 0 Å². The molecule has 17 heavy (non-hydrogen) atoms. The second kappa shape index (κ2) is 7.70. The highest BCUT2D eigenvalue weighted by atomic mass is 16.5. The van der Waals surface area contributed by atoms with Gasteiger partial charge in [0.05, 0.1) is 13.2 Å². The van der Waals surface area contributed by atoms with E-state index in [1.807, 2.05) is 6.92 Å². The van der Waals surface area contributed by atoms with Gasteiger partial charge in [0.1, 0.15) is 0 Å². The average molecular weight is 241 g/mol. The molecule has 1 fully saturated rings. The van der Waals surface area contributed by atoms with Crippen molar-refractivity contribution in [1.82, 2.24) is 4.90 Å². The van der Waals surface area contributed by atoms with Crippen molar-refractivity contribution < 1.29 is 9.53 Å². The first-order chi connectivity index (χ1) is 8.22. The van der Waals surface area contributed by atoms with Crippen molar-refractivity contribution in [3.05, 3.63) is 0 Å². The molecule has 0 saturated heterocycles. The van der Waals surface area contributed by atoms with E-state index in [2.05, 4.69) is 18.7 Å². The molecule has 0 aromatic rings. The Morgan fingerprint density at radius 1 is 1.24 bits per heavy atom. The number of nitrogens with zero attached hydrogens (tertiary/aromatic N) is 1. The van der Waals surface area contributed by atoms with E-state index in [1.165, 1.54) is 32.1 Å². The fourth-order valence-corrected chi connectivity index (χ4v) is 2.98. The predicted molar refractivity (Wildman–Crippen MR) is 69.9 cm³/mol. The maximum atomic E-state index is 11.6. The van der Waals surface area contributed by atoms with Crippen LogP contribution in [-0.4, -0.2) is 36.6 Å². The fraction of sp³-hybridized carbons (Fsp3) is 0.929. The molecule has 1 aliphatic carbocycles. The van der Waals surface area contributed by atoms with Crippen LogP contribution in [0.4, 0.5) is 0 Å². The van der Waals surface area contributed by atoms with Crippen molar-refractivity contribution in [3.63, 3.8) is 0 Å². The Morgan fingerprint density at radius 2 is 1.94 bits per heavy atom. The Bertz CT molecular complexity index is 230. The second-order valence-electron chi connectivity index (χ2n) is 4.89. The van der Waals surface area contributed by atoms with E-state index in [0.29, 0.717) is 19.2 Å². The molecule has 1 aliphatic rings. The molecule has 0 heterocycles. The minimum Gasteiger partial charge on any atom is -0.465 e. The van der Waals surface area contributed by atoms with E-state index in [0.717, 1.165) is 12.5 Å². The summed E-state index contributed by atoms with van der Waals surface area (Å²) in [5, 5.41) is 0. The Labute approximate surface area is 106 Å². The smallest absolute Gasteiger partial charge is 0.320 e. The van der Waals surface area contributed by atoms with Gasteiger partial charge in [-0.25, -0.2) is 0 Å². The third-order valence-corrected chi connectivity index (χ3v) is 3.91. The highest BCUT2D eigenvalue weighted by molar-refractivity contribution is 5.71. The number of rotatable bonds is 6. The highest BCUT2D eigenvalue weighted by Crippen LogP contribution is 2.30. The van der Waals surface area contributed by atoms with Gasteiger partial charge in [0.25, 0.3) is 0 Å². The van der Waals surface area contributed by atoms with Crippen LogP contribution in [0, 0.1) is 5.92 Å². The summed E-state index contributed by atoms with van der Waals surface area (Å²) in [6, 6.07) is 0.586. The van der Waals surface area contributed by atoms with Gasteiger partial charge >= 0.3 is 5.97 Å². The quantitative estimate of drug-likeness (QED) is 0.670. The standard InChI is InChI=1S/C14H27NO2/c1-4-12-9-7-8-10-13(12)15(5-2)11-14(16)17-6-3/h12-13H,4-11H2,1-3H3. The van der Waals surface area contributed by atoms with Crippen molar-refractivity contribution in [1.29, 1.82) is 0 Å². The van der Waals surface area contributed by atoms with Gasteiger partial charge in [0.2, 0.25) is 0 Å². The summed E-state index contributed by atoms with van der Waals surface area (Å²) in [6.07, 6.45) is 6.45. The lowest BCUT2D eigenvalue weighted by atomic mass is 9.82. The third-order valence-electron chi connectivity index (χ3n) is 3.91. The molecule has 2 unspecified atom stereocenters. The predicted octanol–water partition coefficient (Wildman–Crippen LogP) is 2.84. The molecule has 3 nitrogen and oxygen atoms in total. The van der Waals surface area contributed by atoms with Gasteiger partial charge in [-0.05, 0) is 32.2 Å². The van der Waals surface area contributed by atoms with E-state index < -0.39 is 0 Å². The third kappa shape index (κ3) is 4.30. The largest absolute Gasteiger partial charge is 0.465 e. The number of likely N-dealkylation sites (N-methyl/N-ethyl adjacent to an activating group) is 1. The molecule has 1 rings (SSSR count). The Balaban J connectivity index is 2.54. The maximum absolute atomic E-state index is 11.6. The number of esters is 1. The molecule has 0 aromatic carbocycles. The molecule has 2 atom stereocenters. The summed E-state index contributed by atoms with van der Waals surface area (Å²) in [4.78, 5) is 13.9. The molecule has 0 aromatic heterocycles. The number of ether oxygens (including phenoxy) is 1. The Morgan fingerprint density at radius 3 is 2.53 bits per heavy atom. The van der Waals surface area contributed by atoms with Gasteiger partial charge in [-0.1, -0.05) is 33.1 Å². The van der Waals surface area contributed by atoms with Crippen molar-refractivity contribution in [2.24, 2.45) is 5.92 Å². The topological polar surface area (TPSA) is 29.5 Å². The van der Waals surface area contributed by atoms with E-state index in [4.69, 9.17) is 4.74 Å². The lowest BCUT2D eigenvalue weighted by Gasteiger charge is -2.38. The van der Waals surface area contributed by atoms with Gasteiger partial charge in [-0.15, -0.1) is 0 Å². The van der Waals surface area contributed by atoms with Gasteiger partial charge in [-0.3, -0.25) is 9.69 Å². The zero-order valence-electron chi connectivity index (χ0n) is 11.6. The van der Waals surface area contributed by atoms with Crippen LogP contribution < -0.4 is 0 Å². The van der Waals surface area contributed by atoms with Gasteiger partial charge < -0.3 is 4.74 Å². The lowest BCUT2D eigenvalue weighted by molar-refractivity contribution is -0.145. The van der Waals surface area contributed by atoms with Crippen molar-refractivity contribution in [2.75, 3.05) is 19.7 Å². The molecule has 0 spiro atoms. The van der Waals surface area contributed by atoms with Crippen molar-refractivity contribution in [3.8, 4) is 0 Å². The summed E-state index contributed by atoms with van der Waals surface area (Å²) < 4.78 is 5.05. The zero-order valence-corrected chi connectivity index (χ0v) is 11.6. The number of hydrogen-bond acceptors (Lipinski definition) is 3. The number of hydrogen-bond donors (Lipinski definition) is 0. The summed E-state index contributed by atoms with van der Waals surface area (Å²) in [5.74, 6) is 0.688. The minimum atomic E-state index is -0.0743. The van der Waals surface area contributed by atoms with Crippen LogP contribution in [-0.2, 0) is 9.53 Å². The molecule has 0 bridgehead atoms. The van der Waals surface area contributed by atoms with E-state index >= 15 is 0 Å². The summed E-state index contributed by atoms with van der Waals surface area (Å²) in [5.41, 5.74) is 0. The summed E-state index contributed by atoms with van der Waals surface area (Å²) in [6.45, 7) is 8.16. The van der Waals surface area contributed by atoms with Gasteiger partial charge in [-0.2, -0.15) is 0 Å². The van der Waals surface area contributed by atoms with Gasteiger partial charge in [0.15, 0.2) is 0 Å². The molecular formula is C14H27NO2. The van der Waals surface area contributed by atoms with E-state index in [9.17, 15) is 4.79 Å². The average Bonchev–Trinajstić information content (AvgIpc) is 2.36. The van der Waals surface area contributed by atoms with Crippen LogP contribution in [0.3, 0.4) is 0 Å². The first-order valence-corrected chi connectivity index (χ1v) is 7.12. The molecule has 0 radical (unpaired) electrons. The van der Waals surface area contributed by atoms with Gasteiger partial charge in [0, 0.05) is 6.04 Å². The zero-order chi connectivity index (χ0) is 12.7. The molecule has 1 saturated carbocycles. The van der Waals surface area contributed by atoms with Crippen molar-refractivity contribution in [2.45, 2.75) is 58.9 Å². The molecule has 100 valence electrons. The minimum absolute atomic E-state index is 0.0743. The van der Waals surface area contributed by atoms with Crippen LogP contribution >= 0.6 is 0 Å². The number of carbonyl (C=O) groups is 1. The fourth-order valence-electron chi connectivity index (χ4n) is 2.98. The van der Waals surface area contributed by atoms with E-state index in [-0.39, 0.29) is 5.97 Å². The van der Waals surface area contributed by atoms with Crippen molar-refractivity contribution >= 4 is 5.97 Å². The molecule has 0 aliphatic heterocycles. The monoisotopic (exact) mass is 241 g/mol. The lowest BCUT2D eigenvalue weighted by Crippen LogP contribution is -2.45. The van der Waals surface area contributed by atoms with E-state index in [1.54, 1.807) is 0 Å². The normalized spacial score (nSPS) is 24.9. The molecule has 0 N–H and O–H groups in total. The maximum Gasteiger partial charge on any atom is 0.320 e. The first-order valence-electron chi connectivity index (χ1n) is 7.12. The SMILES string of the molecule is CCOC(=O)CN(CC)C1CCCCC1CC. The molecule has 3 heteroatoms. The van der Waals surface area contributed by atoms with Crippen LogP contribution in [0.5, 0.6) is 0 Å². The Kier molecular flexibility index (Phi) is 6.56. The Hall–Kier alpha value is -0.570. The van der Waals surface area contributed by atoms with Crippen LogP contribution in [0.15, 0.2) is 0 Å².